The van der Waals surface area contributed by atoms with Crippen molar-refractivity contribution in [2.45, 2.75) is 69.8 Å². The summed E-state index contributed by atoms with van der Waals surface area (Å²) in [6, 6.07) is 23.0. The molecule has 1 saturated carbocycles. The predicted molar refractivity (Wildman–Crippen MR) is 163 cm³/mol. The SMILES string of the molecule is Cc1ccc(CSCC(=O)N(Cc2c(Cl)cccc2Cl)C(Cc2ccccc2)C(=O)NC2CCCCC2)cc1. The van der Waals surface area contributed by atoms with E-state index in [2.05, 4.69) is 36.5 Å². The van der Waals surface area contributed by atoms with Gasteiger partial charge in [0.05, 0.1) is 5.75 Å². The van der Waals surface area contributed by atoms with Gasteiger partial charge in [0.1, 0.15) is 6.04 Å². The van der Waals surface area contributed by atoms with Gasteiger partial charge in [0.25, 0.3) is 0 Å². The van der Waals surface area contributed by atoms with E-state index in [1.165, 1.54) is 12.0 Å². The van der Waals surface area contributed by atoms with E-state index in [-0.39, 0.29) is 30.2 Å². The minimum atomic E-state index is -0.686. The van der Waals surface area contributed by atoms with Crippen LogP contribution in [-0.4, -0.2) is 34.6 Å². The van der Waals surface area contributed by atoms with Crippen LogP contribution < -0.4 is 5.32 Å². The quantitative estimate of drug-likeness (QED) is 0.253. The summed E-state index contributed by atoms with van der Waals surface area (Å²) in [6.07, 6.45) is 5.79. The number of hydrogen-bond donors (Lipinski definition) is 1. The van der Waals surface area contributed by atoms with Crippen molar-refractivity contribution < 1.29 is 9.59 Å². The highest BCUT2D eigenvalue weighted by Crippen LogP contribution is 2.28. The number of thioether (sulfide) groups is 1. The molecule has 0 radical (unpaired) electrons. The van der Waals surface area contributed by atoms with Crippen LogP contribution >= 0.6 is 35.0 Å². The van der Waals surface area contributed by atoms with Crippen molar-refractivity contribution in [1.82, 2.24) is 10.2 Å². The molecule has 1 unspecified atom stereocenters. The lowest BCUT2D eigenvalue weighted by molar-refractivity contribution is -0.139. The van der Waals surface area contributed by atoms with E-state index in [4.69, 9.17) is 23.2 Å². The summed E-state index contributed by atoms with van der Waals surface area (Å²) in [5.41, 5.74) is 4.02. The van der Waals surface area contributed by atoms with E-state index >= 15 is 0 Å². The van der Waals surface area contributed by atoms with Crippen LogP contribution in [0.15, 0.2) is 72.8 Å². The Morgan fingerprint density at radius 1 is 0.897 bits per heavy atom. The first-order valence-corrected chi connectivity index (χ1v) is 15.5. The predicted octanol–water partition coefficient (Wildman–Crippen LogP) is 7.62. The fraction of sp³-hybridized carbons (Fsp3) is 0.375. The zero-order valence-corrected chi connectivity index (χ0v) is 24.7. The van der Waals surface area contributed by atoms with Crippen molar-refractivity contribution in [1.29, 1.82) is 0 Å². The van der Waals surface area contributed by atoms with Crippen molar-refractivity contribution in [2.24, 2.45) is 0 Å². The zero-order chi connectivity index (χ0) is 27.6. The van der Waals surface area contributed by atoms with Crippen LogP contribution in [0.2, 0.25) is 10.0 Å². The second-order valence-electron chi connectivity index (χ2n) is 10.2. The third-order valence-corrected chi connectivity index (χ3v) is 8.92. The monoisotopic (exact) mass is 582 g/mol. The number of rotatable bonds is 11. The Kier molecular flexibility index (Phi) is 11.2. The van der Waals surface area contributed by atoms with Gasteiger partial charge in [-0.05, 0) is 43.0 Å². The van der Waals surface area contributed by atoms with Crippen LogP contribution in [0.1, 0.15) is 54.4 Å². The molecule has 4 rings (SSSR count). The maximum absolute atomic E-state index is 13.9. The van der Waals surface area contributed by atoms with Crippen molar-refractivity contribution >= 4 is 46.8 Å². The number of amides is 2. The molecular formula is C32H36Cl2N2O2S. The molecule has 3 aromatic carbocycles. The summed E-state index contributed by atoms with van der Waals surface area (Å²) in [5.74, 6) is 0.732. The number of carbonyl (C=O) groups is 2. The average Bonchev–Trinajstić information content (AvgIpc) is 2.94. The minimum Gasteiger partial charge on any atom is -0.352 e. The lowest BCUT2D eigenvalue weighted by Gasteiger charge is -2.34. The molecule has 2 amide bonds. The van der Waals surface area contributed by atoms with Gasteiger partial charge in [0.15, 0.2) is 0 Å². The van der Waals surface area contributed by atoms with Crippen LogP contribution in [0.4, 0.5) is 0 Å². The molecule has 1 fully saturated rings. The molecule has 1 aliphatic carbocycles. The number of carbonyl (C=O) groups excluding carboxylic acids is 2. The number of benzene rings is 3. The molecule has 1 N–H and O–H groups in total. The van der Waals surface area contributed by atoms with Gasteiger partial charge in [0.2, 0.25) is 11.8 Å². The first-order chi connectivity index (χ1) is 18.9. The molecule has 0 aromatic heterocycles. The lowest BCUT2D eigenvalue weighted by atomic mass is 9.94. The van der Waals surface area contributed by atoms with Gasteiger partial charge in [-0.3, -0.25) is 9.59 Å². The highest BCUT2D eigenvalue weighted by atomic mass is 35.5. The number of nitrogens with one attached hydrogen (secondary N) is 1. The van der Waals surface area contributed by atoms with Gasteiger partial charge in [-0.1, -0.05) is 109 Å². The fourth-order valence-electron chi connectivity index (χ4n) is 4.98. The Balaban J connectivity index is 1.60. The summed E-state index contributed by atoms with van der Waals surface area (Å²) in [5, 5.41) is 4.24. The normalized spacial score (nSPS) is 14.5. The third-order valence-electron chi connectivity index (χ3n) is 7.23. The van der Waals surface area contributed by atoms with E-state index in [1.807, 2.05) is 30.3 Å². The summed E-state index contributed by atoms with van der Waals surface area (Å²) in [4.78, 5) is 29.4. The minimum absolute atomic E-state index is 0.108. The van der Waals surface area contributed by atoms with E-state index in [0.717, 1.165) is 36.8 Å². The van der Waals surface area contributed by atoms with Gasteiger partial charge in [-0.25, -0.2) is 0 Å². The number of aryl methyl sites for hydroxylation is 1. The standard InChI is InChI=1S/C32H36Cl2N2O2S/c1-23-15-17-25(18-16-23)21-39-22-31(37)36(20-27-28(33)13-8-14-29(27)34)30(19-24-9-4-2-5-10-24)32(38)35-26-11-6-3-7-12-26/h2,4-5,8-10,13-18,26,30H,3,6-7,11-12,19-22H2,1H3,(H,35,38). The van der Waals surface area contributed by atoms with E-state index < -0.39 is 6.04 Å². The summed E-state index contributed by atoms with van der Waals surface area (Å²) in [7, 11) is 0. The Labute approximate surface area is 246 Å². The molecule has 0 aliphatic heterocycles. The van der Waals surface area contributed by atoms with Gasteiger partial charge < -0.3 is 10.2 Å². The number of nitrogens with zero attached hydrogens (tertiary/aromatic N) is 1. The molecule has 0 saturated heterocycles. The first-order valence-electron chi connectivity index (χ1n) is 13.6. The highest BCUT2D eigenvalue weighted by molar-refractivity contribution is 7.99. The highest BCUT2D eigenvalue weighted by Gasteiger charge is 2.32. The topological polar surface area (TPSA) is 49.4 Å². The van der Waals surface area contributed by atoms with Crippen LogP contribution in [-0.2, 0) is 28.3 Å². The Morgan fingerprint density at radius 2 is 1.56 bits per heavy atom. The third kappa shape index (κ3) is 8.76. The van der Waals surface area contributed by atoms with Crippen molar-refractivity contribution in [2.75, 3.05) is 5.75 Å². The molecule has 39 heavy (non-hydrogen) atoms. The molecule has 4 nitrogen and oxygen atoms in total. The number of hydrogen-bond acceptors (Lipinski definition) is 3. The largest absolute Gasteiger partial charge is 0.352 e. The smallest absolute Gasteiger partial charge is 0.243 e. The number of halogens is 2. The summed E-state index contributed by atoms with van der Waals surface area (Å²) in [6.45, 7) is 2.22. The average molecular weight is 584 g/mol. The lowest BCUT2D eigenvalue weighted by Crippen LogP contribution is -2.53. The zero-order valence-electron chi connectivity index (χ0n) is 22.4. The van der Waals surface area contributed by atoms with Crippen LogP contribution in [0.25, 0.3) is 0 Å². The molecule has 7 heteroatoms. The van der Waals surface area contributed by atoms with Crippen molar-refractivity contribution in [3.8, 4) is 0 Å². The van der Waals surface area contributed by atoms with E-state index in [0.29, 0.717) is 27.8 Å². The maximum Gasteiger partial charge on any atom is 0.243 e. The van der Waals surface area contributed by atoms with Crippen LogP contribution in [0.5, 0.6) is 0 Å². The molecule has 3 aromatic rings. The molecule has 0 bridgehead atoms. The summed E-state index contributed by atoms with van der Waals surface area (Å²) < 4.78 is 0. The van der Waals surface area contributed by atoms with Gasteiger partial charge >= 0.3 is 0 Å². The Bertz CT molecular complexity index is 1210. The van der Waals surface area contributed by atoms with Gasteiger partial charge in [-0.15, -0.1) is 11.8 Å². The molecule has 206 valence electrons. The molecule has 0 spiro atoms. The van der Waals surface area contributed by atoms with Crippen molar-refractivity contribution in [3.63, 3.8) is 0 Å². The fourth-order valence-corrected chi connectivity index (χ4v) is 6.36. The van der Waals surface area contributed by atoms with E-state index in [9.17, 15) is 9.59 Å². The molecule has 1 aliphatic rings. The van der Waals surface area contributed by atoms with Gasteiger partial charge in [-0.2, -0.15) is 0 Å². The summed E-state index contributed by atoms with van der Waals surface area (Å²) >= 11 is 14.6. The van der Waals surface area contributed by atoms with Crippen LogP contribution in [0, 0.1) is 6.92 Å². The molecular weight excluding hydrogens is 547 g/mol. The Morgan fingerprint density at radius 3 is 2.23 bits per heavy atom. The van der Waals surface area contributed by atoms with Gasteiger partial charge in [0, 0.05) is 40.4 Å². The molecule has 1 atom stereocenters. The second kappa shape index (κ2) is 14.8. The first kappa shape index (κ1) is 29.5. The molecule has 0 heterocycles. The second-order valence-corrected chi connectivity index (χ2v) is 12.0. The van der Waals surface area contributed by atoms with Crippen LogP contribution in [0.3, 0.4) is 0 Å². The maximum atomic E-state index is 13.9. The van der Waals surface area contributed by atoms with Crippen molar-refractivity contribution in [3.05, 3.63) is 105 Å². The Hall–Kier alpha value is -2.47. The van der Waals surface area contributed by atoms with E-state index in [1.54, 1.807) is 34.9 Å².